The second kappa shape index (κ2) is 60.8. The van der Waals surface area contributed by atoms with Gasteiger partial charge >= 0.3 is 0 Å². The van der Waals surface area contributed by atoms with Crippen LogP contribution in [-0.2, 0) is 80.0 Å². The molecule has 2 aliphatic heterocycles. The number of nitrogens with zero attached hydrogens (tertiary/aromatic N) is 1. The molecule has 0 radical (unpaired) electrons. The molecular formula is C80H136N34O16S2. The molecule has 2 heterocycles. The highest BCUT2D eigenvalue weighted by atomic mass is 33.1. The Morgan fingerprint density at radius 1 is 0.447 bits per heavy atom. The second-order valence-corrected chi connectivity index (χ2v) is 34.2. The average molecular weight is 1890 g/mol. The Bertz CT molecular complexity index is 4180. The number of phenols is 2. The molecule has 2 aromatic carbocycles. The summed E-state index contributed by atoms with van der Waals surface area (Å²) in [4.78, 5) is 209. The van der Waals surface area contributed by atoms with E-state index in [1.807, 2.05) is 0 Å². The largest absolute Gasteiger partial charge is 0.508 e. The number of hydrogen-bond acceptors (Lipinski definition) is 27. The van der Waals surface area contributed by atoms with Gasteiger partial charge in [-0.25, -0.2) is 0 Å². The normalized spacial score (nSPS) is 20.9. The predicted octanol–water partition coefficient (Wildman–Crippen LogP) is -8.53. The van der Waals surface area contributed by atoms with Crippen molar-refractivity contribution in [3.05, 3.63) is 59.7 Å². The summed E-state index contributed by atoms with van der Waals surface area (Å²) >= 11 is 0. The van der Waals surface area contributed by atoms with Crippen LogP contribution in [0.4, 0.5) is 0 Å². The van der Waals surface area contributed by atoms with Crippen molar-refractivity contribution in [3.8, 4) is 11.5 Å². The van der Waals surface area contributed by atoms with Crippen molar-refractivity contribution >= 4 is 140 Å². The van der Waals surface area contributed by atoms with Gasteiger partial charge in [-0.05, 0) is 184 Å². The van der Waals surface area contributed by atoms with E-state index >= 15 is 43.2 Å². The smallest absolute Gasteiger partial charge is 0.245 e. The van der Waals surface area contributed by atoms with Crippen LogP contribution in [0, 0.1) is 32.5 Å². The van der Waals surface area contributed by atoms with Crippen LogP contribution in [0.2, 0.25) is 0 Å². The third-order valence-electron chi connectivity index (χ3n) is 20.9. The first kappa shape index (κ1) is 111. The minimum absolute atomic E-state index is 0.000252. The Labute approximate surface area is 773 Å². The molecule has 0 aliphatic carbocycles. The highest BCUT2D eigenvalue weighted by Gasteiger charge is 2.42. The number of hydrogen-bond donors (Lipinski definition) is 35. The van der Waals surface area contributed by atoms with E-state index in [4.69, 9.17) is 84.1 Å². The monoisotopic (exact) mass is 1890 g/mol. The number of phenolic OH excluding ortho intramolecular Hbond substituents is 2. The Morgan fingerprint density at radius 2 is 0.818 bits per heavy atom. The maximum absolute atomic E-state index is 15.5. The van der Waals surface area contributed by atoms with E-state index in [2.05, 4.69) is 95.7 Å². The molecule has 0 bridgehead atoms. The molecular weight excluding hydrogens is 1760 g/mol. The number of amides is 13. The molecule has 0 saturated carbocycles. The number of benzene rings is 2. The standard InChI is InChI=1S/C80H136N34O16S2/c1-44(102-64(120)52(17-8-34-98-77(88)89)104-63(119)50(83)14-7-33-97-76(86)87)62(118)112-60-43-132-131-42-59(71(127)103-47(41-115)13-6-32-96-75(84)85)113-68(124)55(20-11-37-101-80(94)95)106-66(122)54(19-10-36-100-79(92)93)108-70(126)58(40-46-24-28-49(117)29-25-46)111-73(129)61-21-12-38-114(61)74(130)56(16-3-5-31-82)109-67(123)51(15-2-4-30-81)105-65(121)53(18-9-35-99-78(90)91)107-69(125)57(110-72(60)128)39-45-22-26-48(116)27-23-45/h22-29,41,44,47,50-61,116-117H,2-21,30-40,42-43,81-83H2,1H3,(H,102,120)(H,103,127)(H,104,119)(H,105,121)(H,106,122)(H,107,125)(H,108,126)(H,109,123)(H,110,128)(H,111,129)(H,112,118)(H,113,124)(H4,84,85,96)(H4,86,87,97)(H4,88,89,98)(H4,90,91,99)(H4,92,93,100)(H4,94,95,101)/t44-,47-,50-,51-,52-,53-,54-,55-,56+,57-,58-,59-,60-,61-/m0/s1. The zero-order chi connectivity index (χ0) is 97.8. The molecule has 14 atom stereocenters. The van der Waals surface area contributed by atoms with Crippen molar-refractivity contribution in [2.45, 2.75) is 233 Å². The highest BCUT2D eigenvalue weighted by molar-refractivity contribution is 8.76. The number of aldehydes is 1. The zero-order valence-corrected chi connectivity index (χ0v) is 75.8. The second-order valence-electron chi connectivity index (χ2n) is 31.7. The highest BCUT2D eigenvalue weighted by Crippen LogP contribution is 2.26. The summed E-state index contributed by atoms with van der Waals surface area (Å²) < 4.78 is 0. The Hall–Kier alpha value is -13.0. The average Bonchev–Trinajstić information content (AvgIpc) is 1.64. The van der Waals surface area contributed by atoms with Crippen LogP contribution in [0.3, 0.4) is 0 Å². The van der Waals surface area contributed by atoms with E-state index in [0.717, 1.165) is 21.6 Å². The number of carbonyl (C=O) groups excluding carboxylic acids is 14. The fraction of sp³-hybridized carbons (Fsp3) is 0.600. The number of carbonyl (C=O) groups is 14. The Kier molecular flexibility index (Phi) is 51.3. The first-order valence-corrected chi connectivity index (χ1v) is 46.2. The van der Waals surface area contributed by atoms with Crippen LogP contribution in [0.15, 0.2) is 48.5 Å². The fourth-order valence-corrected chi connectivity index (χ4v) is 16.1. The third-order valence-corrected chi connectivity index (χ3v) is 23.3. The number of guanidine groups is 6. The number of fused-ring (bicyclic) bond motifs is 1. The van der Waals surface area contributed by atoms with Gasteiger partial charge in [0.25, 0.3) is 0 Å². The minimum atomic E-state index is -1.80. The molecule has 0 unspecified atom stereocenters. The molecule has 44 N–H and O–H groups in total. The predicted molar refractivity (Wildman–Crippen MR) is 497 cm³/mol. The van der Waals surface area contributed by atoms with E-state index in [1.54, 1.807) is 0 Å². The van der Waals surface area contributed by atoms with Gasteiger partial charge in [0.15, 0.2) is 35.8 Å². The molecule has 2 saturated heterocycles. The van der Waals surface area contributed by atoms with Gasteiger partial charge in [0, 0.05) is 70.2 Å². The van der Waals surface area contributed by atoms with Crippen molar-refractivity contribution in [2.75, 3.05) is 70.4 Å². The minimum Gasteiger partial charge on any atom is -0.508 e. The lowest BCUT2D eigenvalue weighted by molar-refractivity contribution is -0.142. The summed E-state index contributed by atoms with van der Waals surface area (Å²) in [5.74, 6) is -16.3. The summed E-state index contributed by atoms with van der Waals surface area (Å²) in [5.41, 5.74) is 52.2. The van der Waals surface area contributed by atoms with Crippen LogP contribution in [0.5, 0.6) is 11.5 Å². The summed E-state index contributed by atoms with van der Waals surface area (Å²) in [6, 6.07) is -10.3. The van der Waals surface area contributed by atoms with Gasteiger partial charge in [-0.2, -0.15) is 0 Å². The Morgan fingerprint density at radius 3 is 1.25 bits per heavy atom. The third kappa shape index (κ3) is 43.6. The lowest BCUT2D eigenvalue weighted by Crippen LogP contribution is -2.61. The van der Waals surface area contributed by atoms with Gasteiger partial charge in [-0.15, -0.1) is 0 Å². The zero-order valence-electron chi connectivity index (χ0n) is 74.2. The molecule has 734 valence electrons. The fourth-order valence-electron chi connectivity index (χ4n) is 13.8. The van der Waals surface area contributed by atoms with Crippen molar-refractivity contribution in [2.24, 2.45) is 51.6 Å². The number of nitrogens with two attached hydrogens (primary N) is 9. The first-order valence-electron chi connectivity index (χ1n) is 43.7. The van der Waals surface area contributed by atoms with Gasteiger partial charge < -0.3 is 167 Å². The van der Waals surface area contributed by atoms with Gasteiger partial charge in [0.2, 0.25) is 76.8 Å². The molecule has 13 amide bonds. The molecule has 2 aliphatic rings. The lowest BCUT2D eigenvalue weighted by atomic mass is 10.0. The van der Waals surface area contributed by atoms with Gasteiger partial charge in [0.05, 0.1) is 12.1 Å². The number of aromatic hydroxyl groups is 2. The topological polar surface area (TPSA) is 876 Å². The van der Waals surface area contributed by atoms with Crippen molar-refractivity contribution < 1.29 is 77.3 Å². The van der Waals surface area contributed by atoms with Crippen LogP contribution in [0.25, 0.3) is 0 Å². The maximum Gasteiger partial charge on any atom is 0.245 e. The van der Waals surface area contributed by atoms with Crippen LogP contribution in [0.1, 0.15) is 146 Å². The lowest BCUT2D eigenvalue weighted by Gasteiger charge is -2.31. The number of unbranched alkanes of at least 4 members (excludes halogenated alkanes) is 2. The van der Waals surface area contributed by atoms with E-state index in [0.29, 0.717) is 30.3 Å². The van der Waals surface area contributed by atoms with Crippen molar-refractivity contribution in [1.82, 2.24) is 101 Å². The quantitative estimate of drug-likeness (QED) is 0.00963. The molecule has 4 rings (SSSR count). The first-order chi connectivity index (χ1) is 62.8. The van der Waals surface area contributed by atoms with E-state index in [9.17, 15) is 34.2 Å². The maximum atomic E-state index is 15.5. The van der Waals surface area contributed by atoms with Crippen LogP contribution >= 0.6 is 21.6 Å². The summed E-state index contributed by atoms with van der Waals surface area (Å²) in [6.45, 7) is 1.66. The molecule has 50 nitrogen and oxygen atoms in total. The summed E-state index contributed by atoms with van der Waals surface area (Å²) in [5, 5.41) is 115. The molecule has 0 aromatic heterocycles. The molecule has 52 heteroatoms. The summed E-state index contributed by atoms with van der Waals surface area (Å²) in [7, 11) is 1.59. The number of nitrogens with one attached hydrogen (secondary N) is 24. The van der Waals surface area contributed by atoms with E-state index in [1.165, 1.54) is 60.4 Å². The van der Waals surface area contributed by atoms with Crippen molar-refractivity contribution in [3.63, 3.8) is 0 Å². The van der Waals surface area contributed by atoms with Crippen molar-refractivity contribution in [1.29, 1.82) is 32.5 Å². The van der Waals surface area contributed by atoms with Crippen LogP contribution < -0.4 is 147 Å². The van der Waals surface area contributed by atoms with E-state index in [-0.39, 0.29) is 204 Å². The Balaban J connectivity index is 2.06. The van der Waals surface area contributed by atoms with Gasteiger partial charge in [0.1, 0.15) is 90.3 Å². The van der Waals surface area contributed by atoms with Crippen LogP contribution in [-0.4, -0.2) is 289 Å². The van der Waals surface area contributed by atoms with Gasteiger partial charge in [-0.3, -0.25) is 94.8 Å². The molecule has 0 spiro atoms. The van der Waals surface area contributed by atoms with Gasteiger partial charge in [-0.1, -0.05) is 45.9 Å². The number of rotatable bonds is 45. The molecule has 2 fully saturated rings. The molecule has 132 heavy (non-hydrogen) atoms. The SMILES string of the molecule is C[C@H](NC(=O)[C@H](CCCNC(=N)N)NC(=O)[C@@H](N)CCCNC(=N)N)C(=O)N[C@H]1CSSC[C@@H](C(=O)N[C@H](C=O)CCCNC(=N)N)NC(=O)[C@H](CCCNC(=N)N)NC(=O)[C@H](CCCNC(=N)N)NC(=O)[C@H](Cc2ccc(O)cc2)NC(=O)[C@@H]2CCCN2C(=O)[C@@H](CCCCN)NC(=O)[C@H](CCCCN)NC(=O)[C@H](CCCNC(=N)N)NC(=O)[C@H](Cc2ccc(O)cc2)NC1=O. The molecule has 2 aromatic rings. The summed E-state index contributed by atoms with van der Waals surface area (Å²) in [6.07, 6.45) is 0.588. The van der Waals surface area contributed by atoms with E-state index < -0.39 is 203 Å².